The van der Waals surface area contributed by atoms with Crippen molar-refractivity contribution in [2.75, 3.05) is 28.4 Å². The topological polar surface area (TPSA) is 102 Å². The molecule has 0 saturated carbocycles. The molecule has 19 heteroatoms. The normalized spacial score (nSPS) is 12.7. The molecule has 0 aliphatic carbocycles. The van der Waals surface area contributed by atoms with Crippen LogP contribution in [-0.4, -0.2) is 97.4 Å². The van der Waals surface area contributed by atoms with Crippen LogP contribution < -0.4 is 62.2 Å². The van der Waals surface area contributed by atoms with Crippen LogP contribution in [0.3, 0.4) is 0 Å². The molecule has 0 radical (unpaired) electrons. The van der Waals surface area contributed by atoms with Gasteiger partial charge in [0.15, 0.2) is 0 Å². The molecule has 12 aromatic rings. The predicted molar refractivity (Wildman–Crippen MR) is 406 cm³/mol. The van der Waals surface area contributed by atoms with Gasteiger partial charge >= 0.3 is 69.0 Å². The molecule has 488 valence electrons. The summed E-state index contributed by atoms with van der Waals surface area (Å²) in [5, 5.41) is 9.47. The Labute approximate surface area is 579 Å². The van der Waals surface area contributed by atoms with Crippen LogP contribution >= 0.6 is 0 Å². The third kappa shape index (κ3) is 14.2. The van der Waals surface area contributed by atoms with E-state index in [1.807, 2.05) is 183 Å². The van der Waals surface area contributed by atoms with Gasteiger partial charge in [-0.25, -0.2) is 0 Å². The van der Waals surface area contributed by atoms with E-state index in [-0.39, 0.29) is 0 Å². The van der Waals surface area contributed by atoms with E-state index >= 15 is 0 Å². The molecule has 0 atom stereocenters. The van der Waals surface area contributed by atoms with Gasteiger partial charge in [0.25, 0.3) is 0 Å². The quantitative estimate of drug-likeness (QED) is 0.0407. The van der Waals surface area contributed by atoms with Gasteiger partial charge in [0, 0.05) is 41.5 Å². The van der Waals surface area contributed by atoms with Crippen LogP contribution in [-0.2, 0) is 46.5 Å². The summed E-state index contributed by atoms with van der Waals surface area (Å²) in [6, 6.07) is 124. The zero-order chi connectivity index (χ0) is 67.1. The first-order valence-corrected chi connectivity index (χ1v) is 47.6. The van der Waals surface area contributed by atoms with Crippen LogP contribution in [0.5, 0.6) is 0 Å². The Morgan fingerprint density at radius 3 is 0.330 bits per heavy atom. The van der Waals surface area contributed by atoms with Gasteiger partial charge in [-0.2, -0.15) is 0 Å². The van der Waals surface area contributed by atoms with Crippen LogP contribution in [0.1, 0.15) is 0 Å². The zero-order valence-corrected chi connectivity index (χ0v) is 63.1. The Hall–Kier alpha value is -8.06. The fourth-order valence-electron chi connectivity index (χ4n) is 12.3. The van der Waals surface area contributed by atoms with Crippen molar-refractivity contribution >= 4 is 131 Å². The molecule has 0 aliphatic heterocycles. The Morgan fingerprint density at radius 1 is 0.144 bits per heavy atom. The van der Waals surface area contributed by atoms with E-state index < -0.39 is 69.0 Å². The maximum atomic E-state index is 9.32. The smallest absolute Gasteiger partial charge is 0.402 e. The molecule has 0 heterocycles. The molecule has 0 bridgehead atoms. The molecular formula is C78H78O11Si8. The minimum Gasteiger partial charge on any atom is -0.402 e. The Kier molecular flexibility index (Phi) is 21.9. The second-order valence-electron chi connectivity index (χ2n) is 23.3. The summed E-state index contributed by atoms with van der Waals surface area (Å²) in [7, 11) is -28.1. The van der Waals surface area contributed by atoms with Crippen molar-refractivity contribution in [2.24, 2.45) is 0 Å². The fourth-order valence-corrected chi connectivity index (χ4v) is 50.4. The number of hydrogen-bond donors (Lipinski definition) is 0. The highest BCUT2D eigenvalue weighted by Gasteiger charge is 2.67. The third-order valence-corrected chi connectivity index (χ3v) is 50.3. The largest absolute Gasteiger partial charge is 0.488 e. The van der Waals surface area contributed by atoms with Crippen molar-refractivity contribution in [1.29, 1.82) is 0 Å². The van der Waals surface area contributed by atoms with Crippen LogP contribution in [0.25, 0.3) is 0 Å². The second kappa shape index (κ2) is 30.8. The summed E-state index contributed by atoms with van der Waals surface area (Å²) in [4.78, 5) is 0. The van der Waals surface area contributed by atoms with Crippen molar-refractivity contribution < 1.29 is 46.5 Å². The lowest BCUT2D eigenvalue weighted by Crippen LogP contribution is -2.85. The average molecular weight is 1420 g/mol. The standard InChI is InChI=1S/C78H78O11Si8/c1-79-90(5,80-2)83-92(67-43-19-7-20-44-67,68-45-21-8-22-46-68)85-94(71-51-27-11-28-52-71,72-53-29-12-30-54-72)87-96(75-59-35-15-36-60-75,76-61-37-16-38-62-76)89-97(77-63-39-17-40-64-77,78-65-41-18-42-66-78)88-95(73-55-31-13-32-56-73,74-57-33-14-34-58-74)86-93(69-47-23-9-24-48-69,70-49-25-10-26-50-70)84-91(6,81-3)82-4/h7-66H,1-6H3. The minimum absolute atomic E-state index is 0.775. The maximum Gasteiger partial charge on any atom is 0.488 e. The Balaban J connectivity index is 1.26. The van der Waals surface area contributed by atoms with E-state index in [0.29, 0.717) is 0 Å². The lowest BCUT2D eigenvalue weighted by molar-refractivity contribution is 0.154. The molecular weight excluding hydrogens is 1340 g/mol. The van der Waals surface area contributed by atoms with Crippen molar-refractivity contribution in [2.45, 2.75) is 13.1 Å². The first-order valence-electron chi connectivity index (χ1n) is 32.2. The Morgan fingerprint density at radius 2 is 0.237 bits per heavy atom. The predicted octanol–water partition coefficient (Wildman–Crippen LogP) is 8.37. The summed E-state index contributed by atoms with van der Waals surface area (Å²) in [6.45, 7) is 3.82. The van der Waals surface area contributed by atoms with Gasteiger partial charge in [-0.1, -0.05) is 364 Å². The van der Waals surface area contributed by atoms with Crippen LogP contribution in [0.15, 0.2) is 364 Å². The highest BCUT2D eigenvalue weighted by molar-refractivity contribution is 7.15. The molecule has 12 aromatic carbocycles. The van der Waals surface area contributed by atoms with E-state index in [1.54, 1.807) is 28.4 Å². The lowest BCUT2D eigenvalue weighted by atomic mass is 10.4. The van der Waals surface area contributed by atoms with Crippen molar-refractivity contribution in [1.82, 2.24) is 0 Å². The molecule has 0 unspecified atom stereocenters. The summed E-state index contributed by atoms with van der Waals surface area (Å²) in [6.07, 6.45) is 0. The van der Waals surface area contributed by atoms with E-state index in [1.165, 1.54) is 0 Å². The molecule has 0 spiro atoms. The average Bonchev–Trinajstić information content (AvgIpc) is 0.713. The van der Waals surface area contributed by atoms with Crippen molar-refractivity contribution in [3.63, 3.8) is 0 Å². The fraction of sp³-hybridized carbons (Fsp3) is 0.0769. The second-order valence-corrected chi connectivity index (χ2v) is 48.5. The number of rotatable bonds is 30. The van der Waals surface area contributed by atoms with Crippen molar-refractivity contribution in [3.8, 4) is 0 Å². The SMILES string of the molecule is CO[Si](C)(OC)O[Si](O[Si](O[Si](O[Si](O[Si](O[Si](O[Si](C)(OC)OC)(c1ccccc1)c1ccccc1)(c1ccccc1)c1ccccc1)(c1ccccc1)c1ccccc1)(c1ccccc1)c1ccccc1)(c1ccccc1)c1ccccc1)(c1ccccc1)c1ccccc1. The van der Waals surface area contributed by atoms with E-state index in [2.05, 4.69) is 194 Å². The summed E-state index contributed by atoms with van der Waals surface area (Å²) in [5.74, 6) is 0. The van der Waals surface area contributed by atoms with Crippen LogP contribution in [0.4, 0.5) is 0 Å². The van der Waals surface area contributed by atoms with Gasteiger partial charge in [0.2, 0.25) is 0 Å². The first-order chi connectivity index (χ1) is 47.5. The van der Waals surface area contributed by atoms with Gasteiger partial charge in [-0.3, -0.25) is 0 Å². The minimum atomic E-state index is -4.76. The third-order valence-electron chi connectivity index (χ3n) is 17.4. The molecule has 12 rings (SSSR count). The molecule has 0 aromatic heterocycles. The molecule has 11 nitrogen and oxygen atoms in total. The highest BCUT2D eigenvalue weighted by Crippen LogP contribution is 2.33. The summed E-state index contributed by atoms with van der Waals surface area (Å²) in [5.41, 5.74) is 0. The molecule has 0 amide bonds. The van der Waals surface area contributed by atoms with Crippen LogP contribution in [0, 0.1) is 0 Å². The van der Waals surface area contributed by atoms with Gasteiger partial charge in [-0.05, 0) is 62.2 Å². The van der Waals surface area contributed by atoms with E-state index in [0.717, 1.165) is 62.2 Å². The van der Waals surface area contributed by atoms with E-state index in [4.69, 9.17) is 34.2 Å². The van der Waals surface area contributed by atoms with Gasteiger partial charge < -0.3 is 46.5 Å². The van der Waals surface area contributed by atoms with Gasteiger partial charge in [-0.15, -0.1) is 0 Å². The van der Waals surface area contributed by atoms with Crippen molar-refractivity contribution in [3.05, 3.63) is 364 Å². The lowest BCUT2D eigenvalue weighted by Gasteiger charge is -2.51. The molecule has 0 fully saturated rings. The maximum absolute atomic E-state index is 9.32. The number of hydrogen-bond acceptors (Lipinski definition) is 11. The highest BCUT2D eigenvalue weighted by atomic mass is 28.5. The monoisotopic (exact) mass is 1410 g/mol. The first kappa shape index (κ1) is 68.9. The van der Waals surface area contributed by atoms with Gasteiger partial charge in [0.1, 0.15) is 0 Å². The van der Waals surface area contributed by atoms with Crippen LogP contribution in [0.2, 0.25) is 13.1 Å². The summed E-state index contributed by atoms with van der Waals surface area (Å²) >= 11 is 0. The van der Waals surface area contributed by atoms with Gasteiger partial charge in [0.05, 0.1) is 0 Å². The Bertz CT molecular complexity index is 3830. The molecule has 0 saturated heterocycles. The molecule has 0 N–H and O–H groups in total. The number of benzene rings is 12. The zero-order valence-electron chi connectivity index (χ0n) is 55.1. The summed E-state index contributed by atoms with van der Waals surface area (Å²) < 4.78 is 87.0. The van der Waals surface area contributed by atoms with E-state index in [9.17, 15) is 12.3 Å². The molecule has 0 aliphatic rings. The molecule has 97 heavy (non-hydrogen) atoms.